The first kappa shape index (κ1) is 106. The van der Waals surface area contributed by atoms with Crippen molar-refractivity contribution in [1.29, 1.82) is 0 Å². The van der Waals surface area contributed by atoms with Crippen LogP contribution in [0.3, 0.4) is 0 Å². The molecule has 0 aliphatic heterocycles. The second-order valence-corrected chi connectivity index (χ2v) is 32.3. The fraction of sp³-hybridized carbons (Fsp3) is 0.133. The summed E-state index contributed by atoms with van der Waals surface area (Å²) in [6.07, 6.45) is 17.3. The van der Waals surface area contributed by atoms with Crippen molar-refractivity contribution in [1.82, 2.24) is 34.9 Å². The van der Waals surface area contributed by atoms with Crippen LogP contribution in [-0.2, 0) is 104 Å². The number of carbonyl (C=O) groups excluding carboxylic acids is 1. The molecule has 4 radical (unpaired) electrons. The number of furan rings is 2. The van der Waals surface area contributed by atoms with E-state index in [9.17, 15) is 4.79 Å². The van der Waals surface area contributed by atoms with Crippen molar-refractivity contribution in [2.45, 2.75) is 95.4 Å². The van der Waals surface area contributed by atoms with Gasteiger partial charge in [0.05, 0.1) is 16.9 Å². The molecule has 686 valence electrons. The first-order valence-electron chi connectivity index (χ1n) is 44.0. The number of hydrogen-bond donors (Lipinski definition) is 1. The van der Waals surface area contributed by atoms with Crippen LogP contribution in [-0.4, -0.2) is 45.8 Å². The van der Waals surface area contributed by atoms with Crippen LogP contribution in [0.2, 0.25) is 0 Å². The minimum Gasteiger partial charge on any atom is -0.512 e. The maximum absolute atomic E-state index is 10.0. The van der Waals surface area contributed by atoms with Crippen molar-refractivity contribution in [3.8, 4) is 101 Å². The summed E-state index contributed by atoms with van der Waals surface area (Å²) in [5.74, 6) is 1.12. The number of pyridine rings is 7. The summed E-state index contributed by atoms with van der Waals surface area (Å²) in [5.41, 5.74) is 30.9. The number of fused-ring (bicyclic) bond motifs is 6. The van der Waals surface area contributed by atoms with Gasteiger partial charge in [-0.05, 0) is 175 Å². The Kier molecular flexibility index (Phi) is 42.5. The van der Waals surface area contributed by atoms with Crippen molar-refractivity contribution in [3.05, 3.63) is 464 Å². The monoisotopic (exact) mass is 2480 g/mol. The molecule has 0 spiro atoms. The molecule has 9 heterocycles. The number of rotatable bonds is 15. The van der Waals surface area contributed by atoms with Gasteiger partial charge in [0, 0.05) is 146 Å². The minimum atomic E-state index is -0.125. The van der Waals surface area contributed by atoms with E-state index < -0.39 is 0 Å². The van der Waals surface area contributed by atoms with Crippen LogP contribution in [0.1, 0.15) is 87.4 Å². The molecular weight excluding hydrogens is 2370 g/mol. The number of aromatic nitrogens is 7. The third kappa shape index (κ3) is 30.7. The molecule has 1 N–H and O–H groups in total. The largest absolute Gasteiger partial charge is 0.512 e. The zero-order chi connectivity index (χ0) is 91.6. The van der Waals surface area contributed by atoms with Gasteiger partial charge in [0.25, 0.3) is 0 Å². The molecule has 0 aliphatic carbocycles. The van der Waals surface area contributed by atoms with Gasteiger partial charge in [0.1, 0.15) is 11.2 Å². The van der Waals surface area contributed by atoms with Crippen LogP contribution >= 0.6 is 0 Å². The molecule has 0 bridgehead atoms. The molecule has 11 aromatic carbocycles. The van der Waals surface area contributed by atoms with Crippen molar-refractivity contribution in [3.63, 3.8) is 0 Å². The Morgan fingerprint density at radius 1 is 0.319 bits per heavy atom. The van der Waals surface area contributed by atoms with E-state index in [1.54, 1.807) is 12.4 Å². The Hall–Kier alpha value is -13.1. The van der Waals surface area contributed by atoms with E-state index in [2.05, 4.69) is 251 Å². The third-order valence-electron chi connectivity index (χ3n) is 20.8. The fourth-order valence-corrected chi connectivity index (χ4v) is 14.5. The summed E-state index contributed by atoms with van der Waals surface area (Å²) in [4.78, 5) is 40.9. The average Bonchev–Trinajstić information content (AvgIpc) is 1.61. The van der Waals surface area contributed by atoms with E-state index in [-0.39, 0.29) is 92.0 Å². The van der Waals surface area contributed by atoms with Crippen molar-refractivity contribution >= 4 is 49.7 Å². The molecule has 15 heteroatoms. The summed E-state index contributed by atoms with van der Waals surface area (Å²) in [6.45, 7) is 22.1. The molecule has 9 aromatic heterocycles. The molecule has 0 aliphatic rings. The summed E-state index contributed by atoms with van der Waals surface area (Å²) in [6, 6.07) is 132. The van der Waals surface area contributed by atoms with E-state index in [1.807, 2.05) is 247 Å². The number of hydrogen-bond acceptors (Lipinski definition) is 11. The van der Waals surface area contributed by atoms with Crippen LogP contribution in [0.25, 0.3) is 145 Å². The van der Waals surface area contributed by atoms with Crippen molar-refractivity contribution in [2.24, 2.45) is 11.8 Å². The third-order valence-corrected chi connectivity index (χ3v) is 20.8. The van der Waals surface area contributed by atoms with Crippen LogP contribution in [0, 0.1) is 82.0 Å². The predicted octanol–water partition coefficient (Wildman–Crippen LogP) is 30.2. The second kappa shape index (κ2) is 54.3. The van der Waals surface area contributed by atoms with Crippen molar-refractivity contribution in [2.75, 3.05) is 0 Å². The van der Waals surface area contributed by atoms with E-state index in [4.69, 9.17) is 13.9 Å². The van der Waals surface area contributed by atoms with Crippen LogP contribution < -0.4 is 0 Å². The van der Waals surface area contributed by atoms with Gasteiger partial charge in [0.15, 0.2) is 5.78 Å². The second-order valence-electron chi connectivity index (χ2n) is 32.3. The molecular formula is C120H104Ir4N7O4-7. The predicted molar refractivity (Wildman–Crippen MR) is 537 cm³/mol. The molecule has 20 rings (SSSR count). The summed E-state index contributed by atoms with van der Waals surface area (Å²) in [7, 11) is 0. The Bertz CT molecular complexity index is 6630. The molecule has 0 amide bonds. The van der Waals surface area contributed by atoms with Gasteiger partial charge in [-0.1, -0.05) is 232 Å². The van der Waals surface area contributed by atoms with Gasteiger partial charge < -0.3 is 48.8 Å². The normalized spacial score (nSPS) is 10.4. The smallest absolute Gasteiger partial charge is 0.155 e. The summed E-state index contributed by atoms with van der Waals surface area (Å²) < 4.78 is 12.6. The van der Waals surface area contributed by atoms with Gasteiger partial charge in [0.2, 0.25) is 0 Å². The number of carbonyl (C=O) groups is 1. The van der Waals surface area contributed by atoms with Gasteiger partial charge in [-0.15, -0.1) is 215 Å². The topological polar surface area (TPSA) is 154 Å². The molecule has 0 fully saturated rings. The molecule has 0 saturated carbocycles. The number of aliphatic hydroxyl groups excluding tert-OH is 1. The number of para-hydroxylation sites is 2. The quantitative estimate of drug-likeness (QED) is 0.0593. The molecule has 20 aromatic rings. The standard InChI is InChI=1S/2C21H18NO.C19H16N.C18H14N.3C12H10N.C5H8O2.4Ir/c2*1-14(2)13-15-7-5-8-16-17-9-6-10-18(21(17)23-20(15)16)19-11-3-4-12-22-19;1-2-15-13-19(17-11-7-4-8-12-17)20-14-18(15)16-9-5-3-6-10-16;1-14-10-11-18(19-13-14)17-9-5-8-16(12-17)15-6-3-2-4-7-15;3*1-10-7-8-12(13-9-10)11-5-3-2-4-6-11;1-4(6)3-5(2)7;;;;/h2*3-9,11-12,14H,13H2,1-2H3;3-11,13-14H,2H2,1H3;2-8,10-13H,1H3;3*2-5,7-9H,1H3;3,6H,1-2H3;;;;/q7*-1;;;;;. The van der Waals surface area contributed by atoms with Crippen LogP contribution in [0.5, 0.6) is 0 Å². The SMILES string of the molecule is CC(=O)C=C(C)O.CC(C)Cc1cccc2c1oc1c(-c3ccccn3)[c-]ccc12.CC(C)Cc1cccc2c1oc1c(-c3ccccn3)[c-]ccc12.CCc1cc(-c2[c-]cccc2)ncc1-c1ccccc1.Cc1ccc(-c2[c-]ccc(-c3ccccc3)c2)nc1.Cc1ccc(-c2[c-]cccc2)nc1.Cc1ccc(-c2[c-]cccc2)nc1.Cc1ccc(-c2[c-]cccc2)nc1.[Ir].[Ir].[Ir].[Ir]. The summed E-state index contributed by atoms with van der Waals surface area (Å²) >= 11 is 0. The van der Waals surface area contributed by atoms with Crippen LogP contribution in [0.4, 0.5) is 0 Å². The molecule has 0 saturated heterocycles. The molecule has 135 heavy (non-hydrogen) atoms. The fourth-order valence-electron chi connectivity index (χ4n) is 14.5. The first-order chi connectivity index (χ1) is 63.9. The number of aliphatic hydroxyl groups is 1. The number of nitrogens with zero attached hydrogens (tertiary/aromatic N) is 7. The number of benzene rings is 11. The molecule has 11 nitrogen and oxygen atoms in total. The Balaban J connectivity index is 0.000000176. The average molecular weight is 2480 g/mol. The van der Waals surface area contributed by atoms with E-state index in [0.717, 1.165) is 131 Å². The van der Waals surface area contributed by atoms with E-state index >= 15 is 0 Å². The van der Waals surface area contributed by atoms with Crippen LogP contribution in [0.15, 0.2) is 392 Å². The maximum atomic E-state index is 10.0. The molecule has 0 unspecified atom stereocenters. The Labute approximate surface area is 848 Å². The number of allylic oxidation sites excluding steroid dienone is 2. The van der Waals surface area contributed by atoms with Gasteiger partial charge in [-0.2, -0.15) is 0 Å². The number of aryl methyl sites for hydroxylation is 5. The van der Waals surface area contributed by atoms with Gasteiger partial charge >= 0.3 is 0 Å². The Morgan fingerprint density at radius 3 is 1.01 bits per heavy atom. The maximum Gasteiger partial charge on any atom is 0.155 e. The first-order valence-corrected chi connectivity index (χ1v) is 44.0. The zero-order valence-electron chi connectivity index (χ0n) is 77.2. The number of ketones is 1. The van der Waals surface area contributed by atoms with E-state index in [1.165, 1.54) is 91.9 Å². The van der Waals surface area contributed by atoms with E-state index in [0.29, 0.717) is 11.8 Å². The Morgan fingerprint density at radius 2 is 0.674 bits per heavy atom. The van der Waals surface area contributed by atoms with Gasteiger partial charge in [-0.3, -0.25) is 4.79 Å². The molecule has 0 atom stereocenters. The van der Waals surface area contributed by atoms with Gasteiger partial charge in [-0.25, -0.2) is 0 Å². The zero-order valence-corrected chi connectivity index (χ0v) is 86.8. The minimum absolute atomic E-state index is 0. The van der Waals surface area contributed by atoms with Crippen molar-refractivity contribution < 1.29 is 99.2 Å². The summed E-state index contributed by atoms with van der Waals surface area (Å²) in [5, 5.41) is 13.0.